The maximum absolute atomic E-state index is 11.3. The van der Waals surface area contributed by atoms with Gasteiger partial charge in [0.2, 0.25) is 0 Å². The molecule has 1 aliphatic rings. The number of nitrogens with one attached hydrogen (secondary N) is 1. The van der Waals surface area contributed by atoms with E-state index in [0.717, 1.165) is 12.8 Å². The van der Waals surface area contributed by atoms with Crippen molar-refractivity contribution < 1.29 is 13.2 Å². The molecule has 0 bridgehead atoms. The molecule has 0 aromatic carbocycles. The lowest BCUT2D eigenvalue weighted by Gasteiger charge is -2.42. The molecule has 0 spiro atoms. The standard InChI is InChI=1S/C12H25NO3S/c1-13-11(7-10-17(3,14)15)12(16-2)8-5-4-6-9-12/h11,13H,4-10H2,1-3H3. The van der Waals surface area contributed by atoms with Crippen LogP contribution in [0.4, 0.5) is 0 Å². The summed E-state index contributed by atoms with van der Waals surface area (Å²) in [4.78, 5) is 0. The first kappa shape index (κ1) is 14.9. The second kappa shape index (κ2) is 6.16. The molecule has 0 heterocycles. The van der Waals surface area contributed by atoms with Gasteiger partial charge in [-0.3, -0.25) is 0 Å². The molecule has 0 aromatic rings. The molecule has 0 amide bonds. The molecule has 0 radical (unpaired) electrons. The number of sulfone groups is 1. The van der Waals surface area contributed by atoms with Gasteiger partial charge in [0.05, 0.1) is 11.4 Å². The summed E-state index contributed by atoms with van der Waals surface area (Å²) in [5.41, 5.74) is -0.169. The van der Waals surface area contributed by atoms with Crippen LogP contribution in [-0.2, 0) is 14.6 Å². The maximum atomic E-state index is 11.3. The zero-order chi connectivity index (χ0) is 12.9. The van der Waals surface area contributed by atoms with E-state index in [1.54, 1.807) is 7.11 Å². The number of likely N-dealkylation sites (N-methyl/N-ethyl adjacent to an activating group) is 1. The lowest BCUT2D eigenvalue weighted by atomic mass is 9.78. The molecule has 4 nitrogen and oxygen atoms in total. The number of hydrogen-bond donors (Lipinski definition) is 1. The third-order valence-electron chi connectivity index (χ3n) is 3.87. The predicted molar refractivity (Wildman–Crippen MR) is 70.0 cm³/mol. The summed E-state index contributed by atoms with van der Waals surface area (Å²) in [6.07, 6.45) is 7.57. The highest BCUT2D eigenvalue weighted by Crippen LogP contribution is 2.35. The van der Waals surface area contributed by atoms with E-state index >= 15 is 0 Å². The third-order valence-corrected chi connectivity index (χ3v) is 4.84. The summed E-state index contributed by atoms with van der Waals surface area (Å²) in [5, 5.41) is 3.25. The smallest absolute Gasteiger partial charge is 0.147 e. The second-order valence-electron chi connectivity index (χ2n) is 5.09. The lowest BCUT2D eigenvalue weighted by Crippen LogP contribution is -2.52. The minimum atomic E-state index is -2.90. The van der Waals surface area contributed by atoms with Crippen molar-refractivity contribution in [2.24, 2.45) is 0 Å². The molecule has 1 N–H and O–H groups in total. The topological polar surface area (TPSA) is 55.4 Å². The minimum Gasteiger partial charge on any atom is -0.377 e. The molecule has 1 aliphatic carbocycles. The summed E-state index contributed by atoms with van der Waals surface area (Å²) in [6.45, 7) is 0. The number of ether oxygens (including phenoxy) is 1. The van der Waals surface area contributed by atoms with Crippen LogP contribution in [0.15, 0.2) is 0 Å². The molecule has 1 rings (SSSR count). The highest BCUT2D eigenvalue weighted by Gasteiger charge is 2.39. The highest BCUT2D eigenvalue weighted by molar-refractivity contribution is 7.90. The van der Waals surface area contributed by atoms with E-state index < -0.39 is 9.84 Å². The van der Waals surface area contributed by atoms with Crippen LogP contribution in [0.3, 0.4) is 0 Å². The van der Waals surface area contributed by atoms with E-state index in [2.05, 4.69) is 5.32 Å². The molecule has 0 aliphatic heterocycles. The monoisotopic (exact) mass is 263 g/mol. The van der Waals surface area contributed by atoms with Gasteiger partial charge in [-0.05, 0) is 26.3 Å². The average Bonchev–Trinajstić information content (AvgIpc) is 2.29. The molecule has 1 atom stereocenters. The Morgan fingerprint density at radius 2 is 1.88 bits per heavy atom. The van der Waals surface area contributed by atoms with Crippen molar-refractivity contribution in [3.63, 3.8) is 0 Å². The summed E-state index contributed by atoms with van der Waals surface area (Å²) in [7, 11) is 0.739. The molecule has 0 saturated heterocycles. The van der Waals surface area contributed by atoms with Crippen LogP contribution < -0.4 is 5.32 Å². The van der Waals surface area contributed by atoms with E-state index in [9.17, 15) is 8.42 Å². The van der Waals surface area contributed by atoms with Crippen LogP contribution in [0, 0.1) is 0 Å². The van der Waals surface area contributed by atoms with Crippen molar-refractivity contribution >= 4 is 9.84 Å². The normalized spacial score (nSPS) is 22.3. The summed E-state index contributed by atoms with van der Waals surface area (Å²) in [6, 6.07) is 0.127. The largest absolute Gasteiger partial charge is 0.377 e. The first-order chi connectivity index (χ1) is 7.93. The Kier molecular flexibility index (Phi) is 5.41. The van der Waals surface area contributed by atoms with Gasteiger partial charge < -0.3 is 10.1 Å². The first-order valence-corrected chi connectivity index (χ1v) is 8.40. The van der Waals surface area contributed by atoms with Gasteiger partial charge in [0.15, 0.2) is 0 Å². The summed E-state index contributed by atoms with van der Waals surface area (Å²) < 4.78 is 28.3. The quantitative estimate of drug-likeness (QED) is 0.786. The molecular weight excluding hydrogens is 238 g/mol. The minimum absolute atomic E-state index is 0.127. The van der Waals surface area contributed by atoms with Crippen molar-refractivity contribution in [2.45, 2.75) is 50.2 Å². The summed E-state index contributed by atoms with van der Waals surface area (Å²) >= 11 is 0. The Morgan fingerprint density at radius 3 is 2.29 bits per heavy atom. The van der Waals surface area contributed by atoms with E-state index in [-0.39, 0.29) is 17.4 Å². The molecule has 1 unspecified atom stereocenters. The predicted octanol–water partition coefficient (Wildman–Crippen LogP) is 1.36. The van der Waals surface area contributed by atoms with Crippen LogP contribution in [-0.4, -0.2) is 46.2 Å². The van der Waals surface area contributed by atoms with Gasteiger partial charge in [-0.2, -0.15) is 0 Å². The third kappa shape index (κ3) is 4.23. The fourth-order valence-electron chi connectivity index (χ4n) is 2.85. The van der Waals surface area contributed by atoms with E-state index in [0.29, 0.717) is 6.42 Å². The fraction of sp³-hybridized carbons (Fsp3) is 1.00. The Labute approximate surface area is 105 Å². The zero-order valence-electron chi connectivity index (χ0n) is 11.2. The van der Waals surface area contributed by atoms with Crippen LogP contribution in [0.25, 0.3) is 0 Å². The van der Waals surface area contributed by atoms with Gasteiger partial charge in [0.25, 0.3) is 0 Å². The van der Waals surface area contributed by atoms with Crippen molar-refractivity contribution in [2.75, 3.05) is 26.2 Å². The van der Waals surface area contributed by atoms with Gasteiger partial charge in [-0.15, -0.1) is 0 Å². The first-order valence-electron chi connectivity index (χ1n) is 6.34. The van der Waals surface area contributed by atoms with E-state index in [1.807, 2.05) is 7.05 Å². The van der Waals surface area contributed by atoms with E-state index in [4.69, 9.17) is 4.74 Å². The van der Waals surface area contributed by atoms with Crippen molar-refractivity contribution in [3.05, 3.63) is 0 Å². The van der Waals surface area contributed by atoms with Gasteiger partial charge in [-0.25, -0.2) is 8.42 Å². The average molecular weight is 263 g/mol. The molecule has 5 heteroatoms. The molecule has 1 saturated carbocycles. The van der Waals surface area contributed by atoms with Crippen LogP contribution in [0.5, 0.6) is 0 Å². The molecule has 1 fully saturated rings. The highest BCUT2D eigenvalue weighted by atomic mass is 32.2. The van der Waals surface area contributed by atoms with Crippen molar-refractivity contribution in [3.8, 4) is 0 Å². The Bertz CT molecular complexity index is 321. The second-order valence-corrected chi connectivity index (χ2v) is 7.35. The number of hydrogen-bond acceptors (Lipinski definition) is 4. The van der Waals surface area contributed by atoms with Crippen LogP contribution in [0.2, 0.25) is 0 Å². The SMILES string of the molecule is CNC(CCS(C)(=O)=O)C1(OC)CCCCC1. The molecule has 17 heavy (non-hydrogen) atoms. The summed E-state index contributed by atoms with van der Waals surface area (Å²) in [5.74, 6) is 0.226. The number of rotatable bonds is 6. The molecular formula is C12H25NO3S. The fourth-order valence-corrected chi connectivity index (χ4v) is 3.51. The van der Waals surface area contributed by atoms with E-state index in [1.165, 1.54) is 25.5 Å². The van der Waals surface area contributed by atoms with Gasteiger partial charge in [-0.1, -0.05) is 19.3 Å². The maximum Gasteiger partial charge on any atom is 0.147 e. The van der Waals surface area contributed by atoms with Gasteiger partial charge in [0, 0.05) is 19.4 Å². The Balaban J connectivity index is 2.68. The number of methoxy groups -OCH3 is 1. The van der Waals surface area contributed by atoms with Gasteiger partial charge >= 0.3 is 0 Å². The van der Waals surface area contributed by atoms with Gasteiger partial charge in [0.1, 0.15) is 9.84 Å². The zero-order valence-corrected chi connectivity index (χ0v) is 12.0. The van der Waals surface area contributed by atoms with Crippen molar-refractivity contribution in [1.29, 1.82) is 0 Å². The van der Waals surface area contributed by atoms with Crippen molar-refractivity contribution in [1.82, 2.24) is 5.32 Å². The Hall–Kier alpha value is -0.130. The van der Waals surface area contributed by atoms with Crippen LogP contribution in [0.1, 0.15) is 38.5 Å². The lowest BCUT2D eigenvalue weighted by molar-refractivity contribution is -0.0664. The van der Waals surface area contributed by atoms with Crippen LogP contribution >= 0.6 is 0 Å². The molecule has 0 aromatic heterocycles. The Morgan fingerprint density at radius 1 is 1.29 bits per heavy atom. The molecule has 102 valence electrons.